The molecular weight excluding hydrogens is 701 g/mol. The summed E-state index contributed by atoms with van der Waals surface area (Å²) in [5, 5.41) is 9.44. The normalized spacial score (nSPS) is 21.6. The third-order valence-corrected chi connectivity index (χ3v) is 12.5. The summed E-state index contributed by atoms with van der Waals surface area (Å²) in [6.07, 6.45) is 12.2. The highest BCUT2D eigenvalue weighted by Gasteiger charge is 2.46. The summed E-state index contributed by atoms with van der Waals surface area (Å²) in [6.45, 7) is 2.08. The molecular formula is C46H38N6O4. The van der Waals surface area contributed by atoms with E-state index in [-0.39, 0.29) is 23.6 Å². The second-order valence-electron chi connectivity index (χ2n) is 15.7. The maximum absolute atomic E-state index is 12.8. The standard InChI is InChI=1S/2C23H19N3O2/c2*27-22-19(15-10-13-4-3-8-26-9-7-14(11-15)21(13)26)20(23(28)25-22)17-12-24-18-6-2-1-5-16(17)18/h2*1-2,5-7,9-12,19-20,24H,3-4,8H2,(H,25,27,28)/t19-,20+;19-,20-/m01/s1. The molecule has 56 heavy (non-hydrogen) atoms. The Labute approximate surface area is 320 Å². The van der Waals surface area contributed by atoms with Crippen molar-refractivity contribution in [2.24, 2.45) is 0 Å². The zero-order valence-electron chi connectivity index (χ0n) is 30.5. The number of nitrogens with zero attached hydrogens (tertiary/aromatic N) is 2. The fourth-order valence-corrected chi connectivity index (χ4v) is 10.1. The summed E-state index contributed by atoms with van der Waals surface area (Å²) in [7, 11) is 0. The van der Waals surface area contributed by atoms with E-state index in [1.807, 2.05) is 60.9 Å². The van der Waals surface area contributed by atoms with Gasteiger partial charge in [0.1, 0.15) is 0 Å². The van der Waals surface area contributed by atoms with Gasteiger partial charge in [0.15, 0.2) is 0 Å². The molecule has 10 nitrogen and oxygen atoms in total. The molecule has 4 aliphatic rings. The average Bonchev–Trinajstić information content (AvgIpc) is 4.07. The molecule has 8 heterocycles. The number of hydrogen-bond donors (Lipinski definition) is 4. The number of aromatic nitrogens is 4. The Hall–Kier alpha value is -6.68. The van der Waals surface area contributed by atoms with Gasteiger partial charge in [-0.3, -0.25) is 29.8 Å². The van der Waals surface area contributed by atoms with Gasteiger partial charge in [0, 0.05) is 70.5 Å². The van der Waals surface area contributed by atoms with Gasteiger partial charge in [-0.2, -0.15) is 0 Å². The van der Waals surface area contributed by atoms with E-state index in [2.05, 4.69) is 78.5 Å². The van der Waals surface area contributed by atoms with E-state index in [9.17, 15) is 19.2 Å². The summed E-state index contributed by atoms with van der Waals surface area (Å²) in [5.74, 6) is -2.88. The molecule has 0 radical (unpaired) electrons. The molecule has 10 heteroatoms. The van der Waals surface area contributed by atoms with Crippen molar-refractivity contribution in [2.75, 3.05) is 0 Å². The number of benzene rings is 4. The van der Waals surface area contributed by atoms with Gasteiger partial charge in [-0.1, -0.05) is 48.5 Å². The topological polar surface area (TPSA) is 134 Å². The molecule has 276 valence electrons. The zero-order valence-corrected chi connectivity index (χ0v) is 30.5. The summed E-state index contributed by atoms with van der Waals surface area (Å²) in [6, 6.07) is 28.5. The van der Waals surface area contributed by atoms with Crippen LogP contribution in [0.4, 0.5) is 0 Å². The molecule has 4 N–H and O–H groups in total. The first kappa shape index (κ1) is 32.7. The zero-order chi connectivity index (χ0) is 37.7. The number of aryl methyl sites for hydroxylation is 4. The highest BCUT2D eigenvalue weighted by molar-refractivity contribution is 6.13. The second kappa shape index (κ2) is 12.4. The lowest BCUT2D eigenvalue weighted by Crippen LogP contribution is -2.21. The van der Waals surface area contributed by atoms with Crippen LogP contribution in [0.5, 0.6) is 0 Å². The highest BCUT2D eigenvalue weighted by Crippen LogP contribution is 2.44. The van der Waals surface area contributed by atoms with Crippen LogP contribution in [-0.2, 0) is 45.1 Å². The van der Waals surface area contributed by atoms with Gasteiger partial charge >= 0.3 is 0 Å². The van der Waals surface area contributed by atoms with Crippen LogP contribution in [0.1, 0.15) is 69.9 Å². The van der Waals surface area contributed by atoms with Crippen LogP contribution >= 0.6 is 0 Å². The Morgan fingerprint density at radius 2 is 0.929 bits per heavy atom. The number of para-hydroxylation sites is 2. The maximum atomic E-state index is 12.8. The lowest BCUT2D eigenvalue weighted by atomic mass is 9.81. The van der Waals surface area contributed by atoms with E-state index in [1.165, 1.54) is 22.2 Å². The molecule has 0 spiro atoms. The predicted octanol–water partition coefficient (Wildman–Crippen LogP) is 7.19. The summed E-state index contributed by atoms with van der Waals surface area (Å²) < 4.78 is 4.57. The molecule has 8 aromatic rings. The molecule has 4 aromatic carbocycles. The van der Waals surface area contributed by atoms with Gasteiger partial charge in [0.05, 0.1) is 34.7 Å². The molecule has 2 fully saturated rings. The number of rotatable bonds is 4. The van der Waals surface area contributed by atoms with E-state index in [0.29, 0.717) is 0 Å². The number of hydrogen-bond acceptors (Lipinski definition) is 4. The van der Waals surface area contributed by atoms with Crippen molar-refractivity contribution in [3.8, 4) is 0 Å². The molecule has 4 aromatic heterocycles. The first-order chi connectivity index (χ1) is 27.4. The quantitative estimate of drug-likeness (QED) is 0.142. The molecule has 2 saturated heterocycles. The fraction of sp³-hybridized carbons (Fsp3) is 0.217. The van der Waals surface area contributed by atoms with E-state index < -0.39 is 23.7 Å². The van der Waals surface area contributed by atoms with Crippen LogP contribution in [0, 0.1) is 0 Å². The smallest absolute Gasteiger partial charge is 0.235 e. The van der Waals surface area contributed by atoms with Crippen LogP contribution in [0.3, 0.4) is 0 Å². The molecule has 12 rings (SSSR count). The minimum atomic E-state index is -0.515. The van der Waals surface area contributed by atoms with Gasteiger partial charge in [0.2, 0.25) is 23.6 Å². The van der Waals surface area contributed by atoms with E-state index in [4.69, 9.17) is 0 Å². The van der Waals surface area contributed by atoms with Crippen LogP contribution in [0.15, 0.2) is 110 Å². The monoisotopic (exact) mass is 738 g/mol. The van der Waals surface area contributed by atoms with Crippen molar-refractivity contribution >= 4 is 67.2 Å². The van der Waals surface area contributed by atoms with Crippen molar-refractivity contribution in [1.82, 2.24) is 29.7 Å². The average molecular weight is 739 g/mol. The van der Waals surface area contributed by atoms with Gasteiger partial charge in [-0.15, -0.1) is 0 Å². The van der Waals surface area contributed by atoms with E-state index in [1.54, 1.807) is 0 Å². The van der Waals surface area contributed by atoms with Crippen LogP contribution in [0.25, 0.3) is 43.6 Å². The molecule has 4 atom stereocenters. The number of fused-ring (bicyclic) bond motifs is 2. The molecule has 4 aliphatic heterocycles. The van der Waals surface area contributed by atoms with Crippen molar-refractivity contribution in [3.63, 3.8) is 0 Å². The number of carbonyl (C=O) groups is 4. The SMILES string of the molecule is O=C1NC(=O)[C@@H](c2cc3c4c(ccn4CCC3)c2)[C@H]1c1c[nH]c2ccccc12.O=C1NC(=O)[C@H](c2c[nH]c3ccccc23)[C@H]1c1cc2c3c(ccn3CCC2)c1. The van der Waals surface area contributed by atoms with Gasteiger partial charge < -0.3 is 19.1 Å². The number of aromatic amines is 2. The second-order valence-corrected chi connectivity index (χ2v) is 15.7. The van der Waals surface area contributed by atoms with Crippen LogP contribution in [-0.4, -0.2) is 42.7 Å². The van der Waals surface area contributed by atoms with Gasteiger partial charge in [-0.25, -0.2) is 0 Å². The third-order valence-electron chi connectivity index (χ3n) is 12.5. The van der Waals surface area contributed by atoms with Crippen LogP contribution < -0.4 is 10.6 Å². The first-order valence-electron chi connectivity index (χ1n) is 19.5. The Bertz CT molecular complexity index is 2760. The van der Waals surface area contributed by atoms with Crippen molar-refractivity contribution < 1.29 is 19.2 Å². The molecule has 0 aliphatic carbocycles. The molecule has 4 amide bonds. The minimum Gasteiger partial charge on any atom is -0.361 e. The molecule has 0 unspecified atom stereocenters. The lowest BCUT2D eigenvalue weighted by Gasteiger charge is -2.20. The Balaban J connectivity index is 0.000000130. The first-order valence-corrected chi connectivity index (χ1v) is 19.5. The van der Waals surface area contributed by atoms with Crippen molar-refractivity contribution in [2.45, 2.75) is 62.4 Å². The number of amides is 4. The minimum absolute atomic E-state index is 0.206. The highest BCUT2D eigenvalue weighted by atomic mass is 16.2. The van der Waals surface area contributed by atoms with Crippen molar-refractivity contribution in [3.05, 3.63) is 143 Å². The number of carbonyl (C=O) groups excluding carboxylic acids is 4. The lowest BCUT2D eigenvalue weighted by molar-refractivity contribution is -0.127. The molecule has 0 saturated carbocycles. The van der Waals surface area contributed by atoms with Crippen molar-refractivity contribution in [1.29, 1.82) is 0 Å². The number of H-pyrrole nitrogens is 2. The van der Waals surface area contributed by atoms with Crippen LogP contribution in [0.2, 0.25) is 0 Å². The number of nitrogens with one attached hydrogen (secondary N) is 4. The Morgan fingerprint density at radius 3 is 1.39 bits per heavy atom. The maximum Gasteiger partial charge on any atom is 0.235 e. The molecule has 0 bridgehead atoms. The number of imide groups is 2. The summed E-state index contributed by atoms with van der Waals surface area (Å²) >= 11 is 0. The van der Waals surface area contributed by atoms with E-state index >= 15 is 0 Å². The van der Waals surface area contributed by atoms with Gasteiger partial charge in [-0.05, 0) is 95.5 Å². The largest absolute Gasteiger partial charge is 0.361 e. The third kappa shape index (κ3) is 4.94. The Kier molecular flexibility index (Phi) is 7.26. The predicted molar refractivity (Wildman–Crippen MR) is 214 cm³/mol. The summed E-state index contributed by atoms with van der Waals surface area (Å²) in [5.41, 5.74) is 10.7. The Morgan fingerprint density at radius 1 is 0.500 bits per heavy atom. The van der Waals surface area contributed by atoms with Gasteiger partial charge in [0.25, 0.3) is 0 Å². The fourth-order valence-electron chi connectivity index (χ4n) is 10.1. The summed E-state index contributed by atoms with van der Waals surface area (Å²) in [4.78, 5) is 57.7. The van der Waals surface area contributed by atoms with E-state index in [0.717, 1.165) is 93.6 Å².